The molecule has 1 nitrogen and oxygen atoms in total. The Morgan fingerprint density at radius 1 is 1.38 bits per heavy atom. The highest BCUT2D eigenvalue weighted by Crippen LogP contribution is 2.48. The van der Waals surface area contributed by atoms with Crippen molar-refractivity contribution in [1.29, 1.82) is 0 Å². The maximum absolute atomic E-state index is 10.2. The fourth-order valence-electron chi connectivity index (χ4n) is 2.56. The van der Waals surface area contributed by atoms with Crippen LogP contribution in [0.2, 0.25) is 0 Å². The fraction of sp³-hybridized carbons (Fsp3) is 0.917. The van der Waals surface area contributed by atoms with Gasteiger partial charge >= 0.3 is 0 Å². The monoisotopic (exact) mass is 182 g/mol. The van der Waals surface area contributed by atoms with Gasteiger partial charge in [0.1, 0.15) is 6.29 Å². The SMILES string of the molecule is CC1CC[C@H](CCCC=O)C1(C)C. The standard InChI is InChI=1S/C12H22O/c1-10-7-8-11(12(10,2)3)6-4-5-9-13/h9-11H,4-8H2,1-3H3/t10?,11-/m0/s1. The van der Waals surface area contributed by atoms with E-state index in [1.807, 2.05) is 0 Å². The normalized spacial score (nSPS) is 31.9. The van der Waals surface area contributed by atoms with Crippen molar-refractivity contribution in [3.8, 4) is 0 Å². The lowest BCUT2D eigenvalue weighted by molar-refractivity contribution is -0.108. The molecule has 2 atom stereocenters. The predicted octanol–water partition coefficient (Wildman–Crippen LogP) is 3.43. The van der Waals surface area contributed by atoms with E-state index in [4.69, 9.17) is 0 Å². The van der Waals surface area contributed by atoms with Crippen molar-refractivity contribution in [2.24, 2.45) is 17.3 Å². The molecular weight excluding hydrogens is 160 g/mol. The number of aldehydes is 1. The Hall–Kier alpha value is -0.330. The van der Waals surface area contributed by atoms with Gasteiger partial charge in [-0.2, -0.15) is 0 Å². The van der Waals surface area contributed by atoms with Crippen LogP contribution in [0.4, 0.5) is 0 Å². The van der Waals surface area contributed by atoms with Crippen molar-refractivity contribution in [3.05, 3.63) is 0 Å². The smallest absolute Gasteiger partial charge is 0.119 e. The molecule has 0 spiro atoms. The molecule has 0 N–H and O–H groups in total. The van der Waals surface area contributed by atoms with Crippen molar-refractivity contribution in [2.45, 2.75) is 52.9 Å². The van der Waals surface area contributed by atoms with Gasteiger partial charge in [-0.3, -0.25) is 0 Å². The van der Waals surface area contributed by atoms with Crippen LogP contribution < -0.4 is 0 Å². The summed E-state index contributed by atoms with van der Waals surface area (Å²) in [5.41, 5.74) is 0.503. The lowest BCUT2D eigenvalue weighted by atomic mass is 9.74. The molecule has 1 saturated carbocycles. The molecule has 0 aliphatic heterocycles. The van der Waals surface area contributed by atoms with E-state index in [1.165, 1.54) is 19.3 Å². The van der Waals surface area contributed by atoms with E-state index in [1.54, 1.807) is 0 Å². The van der Waals surface area contributed by atoms with Crippen LogP contribution in [-0.2, 0) is 4.79 Å². The third-order valence-electron chi connectivity index (χ3n) is 4.15. The van der Waals surface area contributed by atoms with E-state index in [9.17, 15) is 4.79 Å². The highest BCUT2D eigenvalue weighted by Gasteiger charge is 2.39. The molecule has 0 aromatic heterocycles. The Morgan fingerprint density at radius 2 is 2.08 bits per heavy atom. The first-order valence-electron chi connectivity index (χ1n) is 5.52. The quantitative estimate of drug-likeness (QED) is 0.481. The first kappa shape index (κ1) is 10.7. The summed E-state index contributed by atoms with van der Waals surface area (Å²) in [7, 11) is 0. The first-order valence-corrected chi connectivity index (χ1v) is 5.52. The average Bonchev–Trinajstić information content (AvgIpc) is 2.32. The Morgan fingerprint density at radius 3 is 2.54 bits per heavy atom. The molecule has 0 saturated heterocycles. The molecule has 0 heterocycles. The molecule has 1 aliphatic carbocycles. The number of hydrogen-bond acceptors (Lipinski definition) is 1. The summed E-state index contributed by atoms with van der Waals surface area (Å²) in [6.45, 7) is 7.13. The summed E-state index contributed by atoms with van der Waals surface area (Å²) < 4.78 is 0. The lowest BCUT2D eigenvalue weighted by Crippen LogP contribution is -2.23. The second kappa shape index (κ2) is 4.26. The van der Waals surface area contributed by atoms with Gasteiger partial charge < -0.3 is 4.79 Å². The van der Waals surface area contributed by atoms with Gasteiger partial charge in [0, 0.05) is 6.42 Å². The first-order chi connectivity index (χ1) is 6.09. The summed E-state index contributed by atoms with van der Waals surface area (Å²) in [5.74, 6) is 1.70. The number of carbonyl (C=O) groups excluding carboxylic acids is 1. The van der Waals surface area contributed by atoms with Crippen LogP contribution in [0.25, 0.3) is 0 Å². The topological polar surface area (TPSA) is 17.1 Å². The molecule has 76 valence electrons. The van der Waals surface area contributed by atoms with Gasteiger partial charge in [0.15, 0.2) is 0 Å². The zero-order valence-electron chi connectivity index (χ0n) is 9.18. The van der Waals surface area contributed by atoms with E-state index in [2.05, 4.69) is 20.8 Å². The minimum absolute atomic E-state index is 0.503. The zero-order valence-corrected chi connectivity index (χ0v) is 9.18. The molecule has 0 bridgehead atoms. The highest BCUT2D eigenvalue weighted by atomic mass is 16.1. The van der Waals surface area contributed by atoms with E-state index in [0.29, 0.717) is 5.41 Å². The highest BCUT2D eigenvalue weighted by molar-refractivity contribution is 5.48. The molecule has 1 unspecified atom stereocenters. The minimum Gasteiger partial charge on any atom is -0.303 e. The average molecular weight is 182 g/mol. The van der Waals surface area contributed by atoms with Gasteiger partial charge in [-0.15, -0.1) is 0 Å². The number of carbonyl (C=O) groups is 1. The van der Waals surface area contributed by atoms with Gasteiger partial charge in [0.25, 0.3) is 0 Å². The van der Waals surface area contributed by atoms with Gasteiger partial charge in [-0.05, 0) is 42.9 Å². The summed E-state index contributed by atoms with van der Waals surface area (Å²) in [6, 6.07) is 0. The molecule has 1 heteroatoms. The molecule has 0 aromatic carbocycles. The van der Waals surface area contributed by atoms with Gasteiger partial charge in [0.2, 0.25) is 0 Å². The van der Waals surface area contributed by atoms with E-state index in [0.717, 1.165) is 31.0 Å². The van der Waals surface area contributed by atoms with E-state index >= 15 is 0 Å². The van der Waals surface area contributed by atoms with Crippen LogP contribution in [0.15, 0.2) is 0 Å². The summed E-state index contributed by atoms with van der Waals surface area (Å²) >= 11 is 0. The Balaban J connectivity index is 2.38. The molecule has 1 aliphatic rings. The van der Waals surface area contributed by atoms with Gasteiger partial charge in [0.05, 0.1) is 0 Å². The molecule has 0 amide bonds. The van der Waals surface area contributed by atoms with Crippen LogP contribution in [0.5, 0.6) is 0 Å². The van der Waals surface area contributed by atoms with Gasteiger partial charge in [-0.1, -0.05) is 20.8 Å². The van der Waals surface area contributed by atoms with Gasteiger partial charge in [-0.25, -0.2) is 0 Å². The third kappa shape index (κ3) is 2.32. The lowest BCUT2D eigenvalue weighted by Gasteiger charge is -2.31. The van der Waals surface area contributed by atoms with Crippen LogP contribution >= 0.6 is 0 Å². The Labute approximate surface area is 81.9 Å². The van der Waals surface area contributed by atoms with Crippen molar-refractivity contribution in [2.75, 3.05) is 0 Å². The maximum Gasteiger partial charge on any atom is 0.119 e. The van der Waals surface area contributed by atoms with Crippen molar-refractivity contribution in [1.82, 2.24) is 0 Å². The molecule has 0 radical (unpaired) electrons. The van der Waals surface area contributed by atoms with Crippen LogP contribution in [0.3, 0.4) is 0 Å². The second-order valence-electron chi connectivity index (χ2n) is 5.09. The fourth-order valence-corrected chi connectivity index (χ4v) is 2.56. The summed E-state index contributed by atoms with van der Waals surface area (Å²) in [4.78, 5) is 10.2. The Kier molecular flexibility index (Phi) is 3.52. The summed E-state index contributed by atoms with van der Waals surface area (Å²) in [6.07, 6.45) is 6.87. The van der Waals surface area contributed by atoms with Crippen LogP contribution in [-0.4, -0.2) is 6.29 Å². The second-order valence-corrected chi connectivity index (χ2v) is 5.09. The van der Waals surface area contributed by atoms with Crippen molar-refractivity contribution >= 4 is 6.29 Å². The zero-order chi connectivity index (χ0) is 9.90. The maximum atomic E-state index is 10.2. The summed E-state index contributed by atoms with van der Waals surface area (Å²) in [5, 5.41) is 0. The van der Waals surface area contributed by atoms with E-state index < -0.39 is 0 Å². The predicted molar refractivity (Wildman–Crippen MR) is 55.6 cm³/mol. The van der Waals surface area contributed by atoms with Crippen LogP contribution in [0.1, 0.15) is 52.9 Å². The Bertz CT molecular complexity index is 172. The van der Waals surface area contributed by atoms with E-state index in [-0.39, 0.29) is 0 Å². The molecule has 13 heavy (non-hydrogen) atoms. The van der Waals surface area contributed by atoms with Crippen molar-refractivity contribution < 1.29 is 4.79 Å². The number of hydrogen-bond donors (Lipinski definition) is 0. The molecule has 0 aromatic rings. The van der Waals surface area contributed by atoms with Crippen LogP contribution in [0, 0.1) is 17.3 Å². The number of unbranched alkanes of at least 4 members (excludes halogenated alkanes) is 1. The molecule has 1 fully saturated rings. The minimum atomic E-state index is 0.503. The molecule has 1 rings (SSSR count). The van der Waals surface area contributed by atoms with Crippen molar-refractivity contribution in [3.63, 3.8) is 0 Å². The third-order valence-corrected chi connectivity index (χ3v) is 4.15. The number of rotatable bonds is 4. The molecular formula is C12H22O. The largest absolute Gasteiger partial charge is 0.303 e.